The molecular weight excluding hydrogens is 334 g/mol. The molecule has 0 aliphatic carbocycles. The molecule has 0 fully saturated rings. The Morgan fingerprint density at radius 3 is 2.42 bits per heavy atom. The Morgan fingerprint density at radius 1 is 0.654 bits per heavy atom. The van der Waals surface area contributed by atoms with Gasteiger partial charge < -0.3 is 4.98 Å². The molecule has 0 aliphatic heterocycles. The third-order valence-corrected chi connectivity index (χ3v) is 6.40. The van der Waals surface area contributed by atoms with E-state index in [1.807, 2.05) is 11.3 Å². The van der Waals surface area contributed by atoms with Gasteiger partial charge in [0.1, 0.15) is 0 Å². The lowest BCUT2D eigenvalue weighted by Crippen LogP contribution is -1.76. The van der Waals surface area contributed by atoms with Crippen molar-refractivity contribution in [3.63, 3.8) is 0 Å². The fourth-order valence-electron chi connectivity index (χ4n) is 3.96. The van der Waals surface area contributed by atoms with Crippen molar-refractivity contribution in [2.45, 2.75) is 0 Å². The lowest BCUT2D eigenvalue weighted by molar-refractivity contribution is 1.57. The van der Waals surface area contributed by atoms with E-state index in [2.05, 4.69) is 89.9 Å². The van der Waals surface area contributed by atoms with Gasteiger partial charge in [-0.05, 0) is 40.1 Å². The van der Waals surface area contributed by atoms with Crippen LogP contribution in [0.15, 0.2) is 84.9 Å². The van der Waals surface area contributed by atoms with Gasteiger partial charge in [-0.3, -0.25) is 0 Å². The first-order chi connectivity index (χ1) is 12.9. The molecule has 0 atom stereocenters. The van der Waals surface area contributed by atoms with Gasteiger partial charge in [0, 0.05) is 21.0 Å². The molecule has 0 spiro atoms. The molecule has 0 saturated carbocycles. The van der Waals surface area contributed by atoms with Crippen molar-refractivity contribution in [1.29, 1.82) is 0 Å². The second kappa shape index (κ2) is 5.20. The Hall–Kier alpha value is -3.10. The van der Waals surface area contributed by atoms with E-state index < -0.39 is 0 Å². The zero-order chi connectivity index (χ0) is 17.1. The minimum absolute atomic E-state index is 1.22. The Kier molecular flexibility index (Phi) is 2.82. The maximum Gasteiger partial charge on any atom is 0.0655 e. The van der Waals surface area contributed by atoms with Crippen LogP contribution in [0.1, 0.15) is 0 Å². The van der Waals surface area contributed by atoms with Gasteiger partial charge in [0.25, 0.3) is 0 Å². The molecule has 6 aromatic rings. The van der Waals surface area contributed by atoms with Crippen LogP contribution in [-0.2, 0) is 0 Å². The van der Waals surface area contributed by atoms with E-state index in [1.165, 1.54) is 53.1 Å². The van der Waals surface area contributed by atoms with E-state index in [0.29, 0.717) is 0 Å². The predicted octanol–water partition coefficient (Wildman–Crippen LogP) is 7.36. The van der Waals surface area contributed by atoms with Crippen molar-refractivity contribution in [2.75, 3.05) is 0 Å². The highest BCUT2D eigenvalue weighted by Gasteiger charge is 2.14. The van der Waals surface area contributed by atoms with E-state index in [9.17, 15) is 0 Å². The average molecular weight is 349 g/mol. The summed E-state index contributed by atoms with van der Waals surface area (Å²) in [5, 5.41) is 5.28. The summed E-state index contributed by atoms with van der Waals surface area (Å²) in [6.45, 7) is 0. The minimum atomic E-state index is 1.22. The average Bonchev–Trinajstić information content (AvgIpc) is 3.24. The zero-order valence-electron chi connectivity index (χ0n) is 14.0. The summed E-state index contributed by atoms with van der Waals surface area (Å²) in [5.74, 6) is 0. The van der Waals surface area contributed by atoms with Gasteiger partial charge in [0.15, 0.2) is 0 Å². The molecule has 1 N–H and O–H groups in total. The lowest BCUT2D eigenvalue weighted by atomic mass is 10.0. The van der Waals surface area contributed by atoms with E-state index in [4.69, 9.17) is 0 Å². The number of rotatable bonds is 1. The molecule has 26 heavy (non-hydrogen) atoms. The maximum atomic E-state index is 3.68. The number of thiophene rings is 1. The molecule has 0 aliphatic rings. The largest absolute Gasteiger partial charge is 0.353 e. The van der Waals surface area contributed by atoms with E-state index >= 15 is 0 Å². The Bertz CT molecular complexity index is 1420. The molecule has 6 rings (SSSR count). The quantitative estimate of drug-likeness (QED) is 0.319. The van der Waals surface area contributed by atoms with Crippen LogP contribution in [0.25, 0.3) is 53.1 Å². The summed E-state index contributed by atoms with van der Waals surface area (Å²) >= 11 is 1.89. The normalized spacial score (nSPS) is 11.8. The SMILES string of the molecule is c1ccc(-c2ccc3sc4c([nH]c5ccc6ccccc6c54)c3c2)cc1. The monoisotopic (exact) mass is 349 g/mol. The van der Waals surface area contributed by atoms with Gasteiger partial charge in [0.2, 0.25) is 0 Å². The standard InChI is InChI=1S/C24H15NS/c1-2-6-15(7-3-1)17-11-13-21-19(14-17)23-24(26-21)22-18-9-5-4-8-16(18)10-12-20(22)25-23/h1-14,25H. The molecule has 0 radical (unpaired) electrons. The van der Waals surface area contributed by atoms with Gasteiger partial charge in [0.05, 0.1) is 10.2 Å². The number of aromatic nitrogens is 1. The van der Waals surface area contributed by atoms with Crippen molar-refractivity contribution in [3.8, 4) is 11.1 Å². The molecule has 122 valence electrons. The summed E-state index contributed by atoms with van der Waals surface area (Å²) in [6, 6.07) is 30.5. The van der Waals surface area contributed by atoms with Crippen molar-refractivity contribution in [3.05, 3.63) is 84.9 Å². The number of hydrogen-bond donors (Lipinski definition) is 1. The highest BCUT2D eigenvalue weighted by molar-refractivity contribution is 7.26. The Morgan fingerprint density at radius 2 is 1.50 bits per heavy atom. The molecule has 0 unspecified atom stereocenters. The van der Waals surface area contributed by atoms with Crippen LogP contribution in [0.4, 0.5) is 0 Å². The van der Waals surface area contributed by atoms with Crippen molar-refractivity contribution in [1.82, 2.24) is 4.98 Å². The molecule has 0 saturated heterocycles. The van der Waals surface area contributed by atoms with Gasteiger partial charge in [-0.1, -0.05) is 66.7 Å². The van der Waals surface area contributed by atoms with E-state index in [-0.39, 0.29) is 0 Å². The molecule has 0 bridgehead atoms. The first-order valence-corrected chi connectivity index (χ1v) is 9.61. The Balaban J connectivity index is 1.73. The third-order valence-electron chi connectivity index (χ3n) is 5.21. The summed E-state index contributed by atoms with van der Waals surface area (Å²) in [7, 11) is 0. The first-order valence-electron chi connectivity index (χ1n) is 8.79. The van der Waals surface area contributed by atoms with Crippen LogP contribution in [0.2, 0.25) is 0 Å². The number of benzene rings is 4. The Labute approximate surface area is 154 Å². The predicted molar refractivity (Wildman–Crippen MR) is 114 cm³/mol. The number of nitrogens with one attached hydrogen (secondary N) is 1. The van der Waals surface area contributed by atoms with Gasteiger partial charge in [-0.15, -0.1) is 11.3 Å². The summed E-state index contributed by atoms with van der Waals surface area (Å²) in [4.78, 5) is 3.68. The fourth-order valence-corrected chi connectivity index (χ4v) is 5.17. The topological polar surface area (TPSA) is 15.8 Å². The van der Waals surface area contributed by atoms with Gasteiger partial charge in [-0.25, -0.2) is 0 Å². The van der Waals surface area contributed by atoms with Crippen LogP contribution < -0.4 is 0 Å². The summed E-state index contributed by atoms with van der Waals surface area (Å²) in [5.41, 5.74) is 5.00. The molecule has 0 amide bonds. The molecule has 2 aromatic heterocycles. The molecule has 1 nitrogen and oxygen atoms in total. The minimum Gasteiger partial charge on any atom is -0.353 e. The molecule has 2 heterocycles. The number of H-pyrrole nitrogens is 1. The van der Waals surface area contributed by atoms with Crippen LogP contribution in [0, 0.1) is 0 Å². The molecule has 2 heteroatoms. The second-order valence-corrected chi connectivity index (χ2v) is 7.77. The van der Waals surface area contributed by atoms with Gasteiger partial charge in [-0.2, -0.15) is 0 Å². The molecule has 4 aromatic carbocycles. The van der Waals surface area contributed by atoms with Crippen molar-refractivity contribution in [2.24, 2.45) is 0 Å². The number of fused-ring (bicyclic) bond motifs is 7. The lowest BCUT2D eigenvalue weighted by Gasteiger charge is -2.01. The highest BCUT2D eigenvalue weighted by atomic mass is 32.1. The summed E-state index contributed by atoms with van der Waals surface area (Å²) in [6.07, 6.45) is 0. The first kappa shape index (κ1) is 14.1. The van der Waals surface area contributed by atoms with Crippen molar-refractivity contribution < 1.29 is 0 Å². The van der Waals surface area contributed by atoms with Crippen LogP contribution in [0.3, 0.4) is 0 Å². The molecular formula is C24H15NS. The van der Waals surface area contributed by atoms with Crippen LogP contribution in [-0.4, -0.2) is 4.98 Å². The highest BCUT2D eigenvalue weighted by Crippen LogP contribution is 2.42. The van der Waals surface area contributed by atoms with Crippen LogP contribution in [0.5, 0.6) is 0 Å². The van der Waals surface area contributed by atoms with E-state index in [0.717, 1.165) is 0 Å². The number of hydrogen-bond acceptors (Lipinski definition) is 1. The zero-order valence-corrected chi connectivity index (χ0v) is 14.8. The van der Waals surface area contributed by atoms with Crippen molar-refractivity contribution >= 4 is 53.3 Å². The fraction of sp³-hybridized carbons (Fsp3) is 0. The number of aromatic amines is 1. The maximum absolute atomic E-state index is 3.68. The smallest absolute Gasteiger partial charge is 0.0655 e. The third kappa shape index (κ3) is 1.91. The summed E-state index contributed by atoms with van der Waals surface area (Å²) < 4.78 is 2.69. The van der Waals surface area contributed by atoms with Crippen LogP contribution >= 0.6 is 11.3 Å². The second-order valence-electron chi connectivity index (χ2n) is 6.72. The van der Waals surface area contributed by atoms with E-state index in [1.54, 1.807) is 0 Å². The van der Waals surface area contributed by atoms with Gasteiger partial charge >= 0.3 is 0 Å².